The highest BCUT2D eigenvalue weighted by Gasteiger charge is 2.18. The number of nitrogens with zero attached hydrogens (tertiary/aromatic N) is 5. The van der Waals surface area contributed by atoms with Crippen LogP contribution in [0.5, 0.6) is 0 Å². The van der Waals surface area contributed by atoms with Crippen LogP contribution in [0, 0.1) is 5.82 Å². The quantitative estimate of drug-likeness (QED) is 0.549. The monoisotopic (exact) mass is 390 g/mol. The van der Waals surface area contributed by atoms with Gasteiger partial charge in [0.05, 0.1) is 23.1 Å². The number of carbonyl (C=O) groups excluding carboxylic acids is 1. The van der Waals surface area contributed by atoms with E-state index in [9.17, 15) is 9.18 Å². The maximum absolute atomic E-state index is 13.2. The SMILES string of the molecule is CCc1c(C(=O)NCc2cccnc2-n2cccn2)cnn1-c1ccc(F)cc1. The van der Waals surface area contributed by atoms with E-state index in [1.165, 1.54) is 18.3 Å². The first-order chi connectivity index (χ1) is 14.2. The Morgan fingerprint density at radius 1 is 1.10 bits per heavy atom. The van der Waals surface area contributed by atoms with Gasteiger partial charge in [-0.1, -0.05) is 13.0 Å². The van der Waals surface area contributed by atoms with Crippen LogP contribution in [-0.2, 0) is 13.0 Å². The number of carbonyl (C=O) groups is 1. The molecule has 3 aromatic heterocycles. The summed E-state index contributed by atoms with van der Waals surface area (Å²) in [5.74, 6) is 0.113. The van der Waals surface area contributed by atoms with Gasteiger partial charge < -0.3 is 5.32 Å². The second kappa shape index (κ2) is 8.05. The Morgan fingerprint density at radius 2 is 1.93 bits per heavy atom. The molecule has 1 N–H and O–H groups in total. The Hall–Kier alpha value is -3.81. The van der Waals surface area contributed by atoms with Crippen LogP contribution in [0.15, 0.2) is 67.3 Å². The van der Waals surface area contributed by atoms with E-state index in [-0.39, 0.29) is 11.7 Å². The van der Waals surface area contributed by atoms with Crippen LogP contribution < -0.4 is 5.32 Å². The summed E-state index contributed by atoms with van der Waals surface area (Å²) in [6.07, 6.45) is 7.30. The van der Waals surface area contributed by atoms with E-state index in [0.717, 1.165) is 11.3 Å². The summed E-state index contributed by atoms with van der Waals surface area (Å²) in [5.41, 5.74) is 2.79. The normalized spacial score (nSPS) is 10.8. The largest absolute Gasteiger partial charge is 0.348 e. The topological polar surface area (TPSA) is 77.6 Å². The molecular formula is C21H19FN6O. The van der Waals surface area contributed by atoms with Crippen LogP contribution in [0.25, 0.3) is 11.5 Å². The Balaban J connectivity index is 1.55. The first kappa shape index (κ1) is 18.5. The zero-order chi connectivity index (χ0) is 20.2. The van der Waals surface area contributed by atoms with E-state index in [0.29, 0.717) is 30.0 Å². The van der Waals surface area contributed by atoms with Crippen LogP contribution >= 0.6 is 0 Å². The van der Waals surface area contributed by atoms with Crippen molar-refractivity contribution >= 4 is 5.91 Å². The predicted molar refractivity (Wildman–Crippen MR) is 105 cm³/mol. The van der Waals surface area contributed by atoms with Crippen molar-refractivity contribution in [3.8, 4) is 11.5 Å². The van der Waals surface area contributed by atoms with Crippen molar-refractivity contribution in [1.82, 2.24) is 29.9 Å². The second-order valence-electron chi connectivity index (χ2n) is 6.37. The molecule has 0 atom stereocenters. The Kier molecular flexibility index (Phi) is 5.15. The average Bonchev–Trinajstić information content (AvgIpc) is 3.42. The fraction of sp³-hybridized carbons (Fsp3) is 0.143. The van der Waals surface area contributed by atoms with Gasteiger partial charge >= 0.3 is 0 Å². The molecule has 0 fully saturated rings. The molecule has 7 nitrogen and oxygen atoms in total. The van der Waals surface area contributed by atoms with Crippen LogP contribution in [-0.4, -0.2) is 30.5 Å². The maximum Gasteiger partial charge on any atom is 0.255 e. The minimum atomic E-state index is -0.318. The van der Waals surface area contributed by atoms with Crippen molar-refractivity contribution < 1.29 is 9.18 Å². The molecule has 0 spiro atoms. The molecule has 4 aromatic rings. The van der Waals surface area contributed by atoms with Gasteiger partial charge in [-0.2, -0.15) is 10.2 Å². The molecule has 0 radical (unpaired) electrons. The highest BCUT2D eigenvalue weighted by molar-refractivity contribution is 5.95. The lowest BCUT2D eigenvalue weighted by molar-refractivity contribution is 0.0950. The molecule has 8 heteroatoms. The first-order valence-electron chi connectivity index (χ1n) is 9.22. The Labute approximate surface area is 166 Å². The van der Waals surface area contributed by atoms with Crippen molar-refractivity contribution in [1.29, 1.82) is 0 Å². The van der Waals surface area contributed by atoms with E-state index in [1.54, 1.807) is 40.1 Å². The summed E-state index contributed by atoms with van der Waals surface area (Å²) in [6.45, 7) is 2.25. The number of hydrogen-bond donors (Lipinski definition) is 1. The van der Waals surface area contributed by atoms with Gasteiger partial charge in [0.1, 0.15) is 5.82 Å². The number of aromatic nitrogens is 5. The van der Waals surface area contributed by atoms with E-state index in [1.807, 2.05) is 25.1 Å². The van der Waals surface area contributed by atoms with Crippen molar-refractivity contribution in [2.45, 2.75) is 19.9 Å². The molecule has 0 bridgehead atoms. The van der Waals surface area contributed by atoms with Gasteiger partial charge in [0.2, 0.25) is 0 Å². The Morgan fingerprint density at radius 3 is 2.66 bits per heavy atom. The molecule has 0 unspecified atom stereocenters. The lowest BCUT2D eigenvalue weighted by Crippen LogP contribution is -2.24. The number of hydrogen-bond acceptors (Lipinski definition) is 4. The number of amides is 1. The van der Waals surface area contributed by atoms with Gasteiger partial charge in [-0.15, -0.1) is 0 Å². The molecule has 0 saturated carbocycles. The molecule has 29 heavy (non-hydrogen) atoms. The van der Waals surface area contributed by atoms with Crippen LogP contribution in [0.2, 0.25) is 0 Å². The van der Waals surface area contributed by atoms with Gasteiger partial charge in [0.15, 0.2) is 5.82 Å². The summed E-state index contributed by atoms with van der Waals surface area (Å²) in [7, 11) is 0. The smallest absolute Gasteiger partial charge is 0.255 e. The lowest BCUT2D eigenvalue weighted by atomic mass is 10.1. The Bertz CT molecular complexity index is 1120. The van der Waals surface area contributed by atoms with Crippen molar-refractivity contribution in [3.05, 3.63) is 89.9 Å². The molecule has 0 aliphatic heterocycles. The van der Waals surface area contributed by atoms with E-state index in [4.69, 9.17) is 0 Å². The van der Waals surface area contributed by atoms with Gasteiger partial charge in [-0.3, -0.25) is 4.79 Å². The van der Waals surface area contributed by atoms with Crippen LogP contribution in [0.1, 0.15) is 28.5 Å². The highest BCUT2D eigenvalue weighted by atomic mass is 19.1. The van der Waals surface area contributed by atoms with Crippen molar-refractivity contribution in [3.63, 3.8) is 0 Å². The fourth-order valence-corrected chi connectivity index (χ4v) is 3.15. The van der Waals surface area contributed by atoms with Gasteiger partial charge in [0, 0.05) is 30.7 Å². The fourth-order valence-electron chi connectivity index (χ4n) is 3.15. The third-order valence-corrected chi connectivity index (χ3v) is 4.55. The second-order valence-corrected chi connectivity index (χ2v) is 6.37. The zero-order valence-corrected chi connectivity index (χ0v) is 15.8. The summed E-state index contributed by atoms with van der Waals surface area (Å²) in [4.78, 5) is 17.2. The summed E-state index contributed by atoms with van der Waals surface area (Å²) < 4.78 is 16.5. The number of benzene rings is 1. The third-order valence-electron chi connectivity index (χ3n) is 4.55. The van der Waals surface area contributed by atoms with Crippen LogP contribution in [0.4, 0.5) is 4.39 Å². The zero-order valence-electron chi connectivity index (χ0n) is 15.8. The molecule has 1 amide bonds. The summed E-state index contributed by atoms with van der Waals surface area (Å²) >= 11 is 0. The van der Waals surface area contributed by atoms with Crippen molar-refractivity contribution in [2.24, 2.45) is 0 Å². The summed E-state index contributed by atoms with van der Waals surface area (Å²) in [6, 6.07) is 11.5. The predicted octanol–water partition coefficient (Wildman–Crippen LogP) is 3.08. The van der Waals surface area contributed by atoms with E-state index in [2.05, 4.69) is 20.5 Å². The number of halogens is 1. The standard InChI is InChI=1S/C21H19FN6O/c1-2-19-18(14-26-28(19)17-8-6-16(22)7-9-17)21(29)24-13-15-5-3-10-23-20(15)27-12-4-11-25-27/h3-12,14H,2,13H2,1H3,(H,24,29). The minimum Gasteiger partial charge on any atom is -0.348 e. The molecule has 4 rings (SSSR count). The third kappa shape index (κ3) is 3.77. The van der Waals surface area contributed by atoms with E-state index < -0.39 is 0 Å². The first-order valence-corrected chi connectivity index (χ1v) is 9.22. The number of nitrogens with one attached hydrogen (secondary N) is 1. The molecule has 1 aromatic carbocycles. The molecule has 3 heterocycles. The molecular weight excluding hydrogens is 371 g/mol. The molecule has 146 valence electrons. The van der Waals surface area contributed by atoms with Crippen LogP contribution in [0.3, 0.4) is 0 Å². The maximum atomic E-state index is 13.2. The lowest BCUT2D eigenvalue weighted by Gasteiger charge is -2.11. The van der Waals surface area contributed by atoms with Gasteiger partial charge in [-0.25, -0.2) is 18.7 Å². The number of pyridine rings is 1. The minimum absolute atomic E-state index is 0.231. The van der Waals surface area contributed by atoms with E-state index >= 15 is 0 Å². The van der Waals surface area contributed by atoms with Crippen molar-refractivity contribution in [2.75, 3.05) is 0 Å². The number of rotatable bonds is 6. The van der Waals surface area contributed by atoms with Gasteiger partial charge in [0.25, 0.3) is 5.91 Å². The van der Waals surface area contributed by atoms with Gasteiger partial charge in [-0.05, 0) is 42.8 Å². The molecule has 0 aliphatic rings. The summed E-state index contributed by atoms with van der Waals surface area (Å²) in [5, 5.41) is 11.5. The molecule has 0 aliphatic carbocycles. The average molecular weight is 390 g/mol. The molecule has 0 saturated heterocycles. The highest BCUT2D eigenvalue weighted by Crippen LogP contribution is 2.17.